The number of aromatic nitrogens is 1. The molecule has 2 atom stereocenters. The van der Waals surface area contributed by atoms with Crippen LogP contribution in [-0.4, -0.2) is 54.3 Å². The van der Waals surface area contributed by atoms with Gasteiger partial charge in [-0.15, -0.1) is 0 Å². The molecule has 2 unspecified atom stereocenters. The highest BCUT2D eigenvalue weighted by atomic mass is 32.2. The molecule has 0 saturated carbocycles. The zero-order valence-corrected chi connectivity index (χ0v) is 12.4. The van der Waals surface area contributed by atoms with Crippen molar-refractivity contribution in [1.29, 1.82) is 0 Å². The Balaban J connectivity index is 1.90. The van der Waals surface area contributed by atoms with Gasteiger partial charge in [0.15, 0.2) is 0 Å². The minimum Gasteiger partial charge on any atom is -0.384 e. The van der Waals surface area contributed by atoms with E-state index in [1.54, 1.807) is 4.31 Å². The predicted molar refractivity (Wildman–Crippen MR) is 76.6 cm³/mol. The average Bonchev–Trinajstić information content (AvgIpc) is 2.84. The molecule has 1 aromatic heterocycles. The molecule has 0 radical (unpaired) electrons. The lowest BCUT2D eigenvalue weighted by molar-refractivity contribution is 0.117. The molecule has 2 saturated heterocycles. The van der Waals surface area contributed by atoms with Crippen LogP contribution in [0.4, 0.5) is 5.82 Å². The number of piperazine rings is 1. The molecule has 7 heteroatoms. The number of nitrogen functional groups attached to an aromatic ring is 1. The van der Waals surface area contributed by atoms with Gasteiger partial charge >= 0.3 is 0 Å². The number of sulfonamides is 1. The number of fused-ring (bicyclic) bond motifs is 1. The van der Waals surface area contributed by atoms with Gasteiger partial charge in [0.05, 0.1) is 4.90 Å². The second kappa shape index (κ2) is 4.98. The van der Waals surface area contributed by atoms with E-state index in [1.807, 2.05) is 6.92 Å². The normalized spacial score (nSPS) is 28.4. The Morgan fingerprint density at radius 1 is 1.40 bits per heavy atom. The summed E-state index contributed by atoms with van der Waals surface area (Å²) >= 11 is 0. The van der Waals surface area contributed by atoms with Crippen LogP contribution in [-0.2, 0) is 10.0 Å². The zero-order chi connectivity index (χ0) is 14.3. The van der Waals surface area contributed by atoms with Gasteiger partial charge in [-0.25, -0.2) is 13.4 Å². The van der Waals surface area contributed by atoms with Crippen LogP contribution >= 0.6 is 0 Å². The third-order valence-electron chi connectivity index (χ3n) is 4.24. The lowest BCUT2D eigenvalue weighted by Gasteiger charge is -2.41. The second-order valence-corrected chi connectivity index (χ2v) is 7.52. The maximum Gasteiger partial charge on any atom is 0.243 e. The van der Waals surface area contributed by atoms with Crippen LogP contribution in [0.3, 0.4) is 0 Å². The molecule has 0 bridgehead atoms. The highest BCUT2D eigenvalue weighted by Gasteiger charge is 2.40. The minimum atomic E-state index is -3.49. The van der Waals surface area contributed by atoms with Crippen molar-refractivity contribution in [2.75, 3.05) is 25.4 Å². The van der Waals surface area contributed by atoms with Gasteiger partial charge in [-0.1, -0.05) is 0 Å². The molecule has 20 heavy (non-hydrogen) atoms. The van der Waals surface area contributed by atoms with Gasteiger partial charge in [-0.05, 0) is 32.4 Å². The highest BCUT2D eigenvalue weighted by Crippen LogP contribution is 2.29. The molecule has 0 aliphatic carbocycles. The van der Waals surface area contributed by atoms with E-state index in [-0.39, 0.29) is 16.8 Å². The maximum atomic E-state index is 12.8. The summed E-state index contributed by atoms with van der Waals surface area (Å²) < 4.78 is 27.1. The van der Waals surface area contributed by atoms with E-state index in [9.17, 15) is 8.42 Å². The number of pyridine rings is 1. The Morgan fingerprint density at radius 2 is 2.20 bits per heavy atom. The molecule has 6 nitrogen and oxygen atoms in total. The van der Waals surface area contributed by atoms with Crippen molar-refractivity contribution in [2.24, 2.45) is 0 Å². The van der Waals surface area contributed by atoms with Crippen molar-refractivity contribution < 1.29 is 8.42 Å². The van der Waals surface area contributed by atoms with E-state index in [1.165, 1.54) is 18.3 Å². The summed E-state index contributed by atoms with van der Waals surface area (Å²) in [5.74, 6) is 0.234. The molecule has 0 spiro atoms. The van der Waals surface area contributed by atoms with Crippen molar-refractivity contribution in [3.05, 3.63) is 18.3 Å². The number of anilines is 1. The van der Waals surface area contributed by atoms with E-state index in [4.69, 9.17) is 5.73 Å². The Morgan fingerprint density at radius 3 is 2.95 bits per heavy atom. The Labute approximate surface area is 119 Å². The third kappa shape index (κ3) is 2.30. The van der Waals surface area contributed by atoms with Crippen LogP contribution in [0, 0.1) is 0 Å². The average molecular weight is 296 g/mol. The van der Waals surface area contributed by atoms with Gasteiger partial charge in [-0.2, -0.15) is 4.31 Å². The topological polar surface area (TPSA) is 79.5 Å². The molecule has 0 aromatic carbocycles. The first-order chi connectivity index (χ1) is 9.48. The first-order valence-electron chi connectivity index (χ1n) is 6.96. The minimum absolute atomic E-state index is 0.0104. The SMILES string of the molecule is CC1CN2CCCC2CN1S(=O)(=O)c1ccnc(N)c1. The van der Waals surface area contributed by atoms with Crippen LogP contribution in [0.5, 0.6) is 0 Å². The molecule has 2 aliphatic rings. The van der Waals surface area contributed by atoms with Crippen LogP contribution in [0.2, 0.25) is 0 Å². The molecule has 0 amide bonds. The predicted octanol–water partition coefficient (Wildman–Crippen LogP) is 0.521. The van der Waals surface area contributed by atoms with Crippen LogP contribution < -0.4 is 5.73 Å². The number of hydrogen-bond donors (Lipinski definition) is 1. The summed E-state index contributed by atoms with van der Waals surface area (Å²) in [7, 11) is -3.49. The molecule has 2 fully saturated rings. The van der Waals surface area contributed by atoms with Gasteiger partial charge in [0.25, 0.3) is 0 Å². The molecular weight excluding hydrogens is 276 g/mol. The standard InChI is InChI=1S/C13H20N4O2S/c1-10-8-16-6-2-3-11(16)9-17(10)20(18,19)12-4-5-15-13(14)7-12/h4-5,7,10-11H,2-3,6,8-9H2,1H3,(H2,14,15). The van der Waals surface area contributed by atoms with Crippen molar-refractivity contribution in [3.8, 4) is 0 Å². The van der Waals surface area contributed by atoms with Crippen LogP contribution in [0.15, 0.2) is 23.2 Å². The fourth-order valence-electron chi connectivity index (χ4n) is 3.22. The molecular formula is C13H20N4O2S. The summed E-state index contributed by atoms with van der Waals surface area (Å²) in [6.07, 6.45) is 3.68. The van der Waals surface area contributed by atoms with Crippen molar-refractivity contribution in [2.45, 2.75) is 36.7 Å². The molecule has 3 heterocycles. The van der Waals surface area contributed by atoms with Crippen LogP contribution in [0.1, 0.15) is 19.8 Å². The summed E-state index contributed by atoms with van der Waals surface area (Å²) in [5, 5.41) is 0. The maximum absolute atomic E-state index is 12.8. The van der Waals surface area contributed by atoms with Crippen molar-refractivity contribution in [3.63, 3.8) is 0 Å². The summed E-state index contributed by atoms with van der Waals surface area (Å²) in [6.45, 7) is 4.44. The number of nitrogens with two attached hydrogens (primary N) is 1. The first kappa shape index (κ1) is 13.8. The monoisotopic (exact) mass is 296 g/mol. The fraction of sp³-hybridized carbons (Fsp3) is 0.615. The van der Waals surface area contributed by atoms with Crippen molar-refractivity contribution >= 4 is 15.8 Å². The fourth-order valence-corrected chi connectivity index (χ4v) is 4.90. The molecule has 110 valence electrons. The first-order valence-corrected chi connectivity index (χ1v) is 8.40. The lowest BCUT2D eigenvalue weighted by atomic mass is 10.1. The number of nitrogens with zero attached hydrogens (tertiary/aromatic N) is 3. The quantitative estimate of drug-likeness (QED) is 0.861. The van der Waals surface area contributed by atoms with E-state index in [2.05, 4.69) is 9.88 Å². The van der Waals surface area contributed by atoms with E-state index in [0.717, 1.165) is 25.9 Å². The van der Waals surface area contributed by atoms with E-state index >= 15 is 0 Å². The summed E-state index contributed by atoms with van der Waals surface area (Å²) in [5.41, 5.74) is 5.60. The van der Waals surface area contributed by atoms with Crippen molar-refractivity contribution in [1.82, 2.24) is 14.2 Å². The summed E-state index contributed by atoms with van der Waals surface area (Å²) in [4.78, 5) is 6.50. The zero-order valence-electron chi connectivity index (χ0n) is 11.6. The Hall–Kier alpha value is -1.18. The number of rotatable bonds is 2. The Kier molecular flexibility index (Phi) is 3.43. The third-order valence-corrected chi connectivity index (χ3v) is 6.22. The van der Waals surface area contributed by atoms with Gasteiger partial charge in [0, 0.05) is 37.4 Å². The molecule has 1 aromatic rings. The second-order valence-electron chi connectivity index (χ2n) is 5.63. The largest absolute Gasteiger partial charge is 0.384 e. The smallest absolute Gasteiger partial charge is 0.243 e. The van der Waals surface area contributed by atoms with E-state index in [0.29, 0.717) is 12.6 Å². The molecule has 2 N–H and O–H groups in total. The molecule has 3 rings (SSSR count). The number of hydrogen-bond acceptors (Lipinski definition) is 5. The van der Waals surface area contributed by atoms with Gasteiger partial charge in [0.2, 0.25) is 10.0 Å². The van der Waals surface area contributed by atoms with Gasteiger partial charge in [-0.3, -0.25) is 4.90 Å². The lowest BCUT2D eigenvalue weighted by Crippen LogP contribution is -2.56. The van der Waals surface area contributed by atoms with Gasteiger partial charge < -0.3 is 5.73 Å². The highest BCUT2D eigenvalue weighted by molar-refractivity contribution is 7.89. The van der Waals surface area contributed by atoms with Gasteiger partial charge in [0.1, 0.15) is 5.82 Å². The van der Waals surface area contributed by atoms with Crippen LogP contribution in [0.25, 0.3) is 0 Å². The van der Waals surface area contributed by atoms with E-state index < -0.39 is 10.0 Å². The molecule has 2 aliphatic heterocycles. The Bertz CT molecular complexity index is 604. The summed E-state index contributed by atoms with van der Waals surface area (Å²) in [6, 6.07) is 3.30.